The van der Waals surface area contributed by atoms with Gasteiger partial charge in [0.05, 0.1) is 23.5 Å². The molecule has 36 heavy (non-hydrogen) atoms. The number of carbonyl (C=O) groups is 2. The molecule has 1 aliphatic rings. The van der Waals surface area contributed by atoms with Crippen LogP contribution in [0.1, 0.15) is 30.2 Å². The molecule has 2 N–H and O–H groups in total. The third-order valence-corrected chi connectivity index (χ3v) is 6.17. The lowest BCUT2D eigenvalue weighted by Gasteiger charge is -2.16. The molecule has 11 heteroatoms. The summed E-state index contributed by atoms with van der Waals surface area (Å²) in [6, 6.07) is 10.6. The largest absolute Gasteiger partial charge is 0.489 e. The fourth-order valence-corrected chi connectivity index (χ4v) is 4.26. The van der Waals surface area contributed by atoms with Crippen molar-refractivity contribution in [1.82, 2.24) is 10.5 Å². The summed E-state index contributed by atoms with van der Waals surface area (Å²) in [7, 11) is 0. The highest BCUT2D eigenvalue weighted by Crippen LogP contribution is 2.56. The Balaban J connectivity index is 1.51. The number of nitrogens with one attached hydrogen (secondary N) is 1. The van der Waals surface area contributed by atoms with Crippen molar-refractivity contribution in [2.45, 2.75) is 32.5 Å². The molecule has 2 aromatic carbocycles. The molecule has 2 atom stereocenters. The minimum Gasteiger partial charge on any atom is -0.489 e. The first-order valence-electron chi connectivity index (χ1n) is 11.1. The first-order valence-corrected chi connectivity index (χ1v) is 11.1. The van der Waals surface area contributed by atoms with Gasteiger partial charge in [-0.1, -0.05) is 12.1 Å². The number of halogens is 4. The number of hydrogen-bond acceptors (Lipinski definition) is 6. The molecule has 1 amide bonds. The molecular weight excluding hydrogens is 484 g/mol. The van der Waals surface area contributed by atoms with Gasteiger partial charge < -0.3 is 9.47 Å². The first-order chi connectivity index (χ1) is 17.1. The van der Waals surface area contributed by atoms with Crippen LogP contribution >= 0.6 is 0 Å². The van der Waals surface area contributed by atoms with Gasteiger partial charge in [-0.3, -0.25) is 14.8 Å². The molecular formula is C25H22F4N2O5. The van der Waals surface area contributed by atoms with Gasteiger partial charge in [0.2, 0.25) is 5.91 Å². The van der Waals surface area contributed by atoms with Gasteiger partial charge in [-0.2, -0.15) is 13.2 Å². The van der Waals surface area contributed by atoms with Crippen molar-refractivity contribution in [2.24, 2.45) is 11.3 Å². The maximum atomic E-state index is 13.7. The molecule has 0 bridgehead atoms. The highest BCUT2D eigenvalue weighted by Gasteiger charge is 2.64. The SMILES string of the molecule is CCOC(=O)[C@@]1(Cc2ccc(OCc3cc(C(F)(F)F)nc4ccc(F)cc34)cc2)C[C@@H]1C(=O)NO. The highest BCUT2D eigenvalue weighted by molar-refractivity contribution is 5.93. The monoisotopic (exact) mass is 506 g/mol. The van der Waals surface area contributed by atoms with E-state index in [4.69, 9.17) is 14.7 Å². The predicted octanol–water partition coefficient (Wildman–Crippen LogP) is 4.59. The van der Waals surface area contributed by atoms with Gasteiger partial charge in [0.1, 0.15) is 23.9 Å². The molecule has 0 radical (unpaired) electrons. The van der Waals surface area contributed by atoms with Crippen molar-refractivity contribution in [2.75, 3.05) is 6.61 Å². The first kappa shape index (κ1) is 25.4. The van der Waals surface area contributed by atoms with E-state index in [0.717, 1.165) is 18.2 Å². The Labute approximate surface area is 203 Å². The van der Waals surface area contributed by atoms with Crippen LogP contribution in [-0.4, -0.2) is 28.7 Å². The highest BCUT2D eigenvalue weighted by atomic mass is 19.4. The Morgan fingerprint density at radius 1 is 1.17 bits per heavy atom. The maximum Gasteiger partial charge on any atom is 0.433 e. The molecule has 1 aliphatic carbocycles. The van der Waals surface area contributed by atoms with E-state index in [-0.39, 0.29) is 42.5 Å². The standard InChI is InChI=1S/C25H22F4N2O5/c1-2-35-23(33)24(12-19(24)22(32)31-34)11-14-3-6-17(7-4-14)36-13-15-9-21(25(27,28)29)30-20-8-5-16(26)10-18(15)20/h3-10,19,34H,2,11-13H2,1H3,(H,31,32)/t19-,24+/m1/s1. The van der Waals surface area contributed by atoms with Gasteiger partial charge in [-0.05, 0) is 61.7 Å². The lowest BCUT2D eigenvalue weighted by atomic mass is 9.93. The lowest BCUT2D eigenvalue weighted by Crippen LogP contribution is -2.30. The fraction of sp³-hybridized carbons (Fsp3) is 0.320. The van der Waals surface area contributed by atoms with Crippen molar-refractivity contribution in [3.63, 3.8) is 0 Å². The van der Waals surface area contributed by atoms with Gasteiger partial charge in [0.15, 0.2) is 0 Å². The molecule has 190 valence electrons. The molecule has 1 saturated carbocycles. The zero-order valence-electron chi connectivity index (χ0n) is 19.1. The number of hydrogen-bond donors (Lipinski definition) is 2. The summed E-state index contributed by atoms with van der Waals surface area (Å²) in [5, 5.41) is 9.14. The summed E-state index contributed by atoms with van der Waals surface area (Å²) in [6.45, 7) is 1.53. The Morgan fingerprint density at radius 3 is 2.53 bits per heavy atom. The van der Waals surface area contributed by atoms with E-state index < -0.39 is 40.9 Å². The van der Waals surface area contributed by atoms with Crippen molar-refractivity contribution >= 4 is 22.8 Å². The zero-order chi connectivity index (χ0) is 26.1. The number of hydroxylamine groups is 1. The average Bonchev–Trinajstić information content (AvgIpc) is 3.57. The number of pyridine rings is 1. The van der Waals surface area contributed by atoms with Crippen LogP contribution in [0.5, 0.6) is 5.75 Å². The molecule has 7 nitrogen and oxygen atoms in total. The van der Waals surface area contributed by atoms with Gasteiger partial charge in [-0.15, -0.1) is 0 Å². The molecule has 0 aliphatic heterocycles. The Kier molecular flexibility index (Phi) is 6.85. The molecule has 0 unspecified atom stereocenters. The summed E-state index contributed by atoms with van der Waals surface area (Å²) in [6.07, 6.45) is -4.27. The summed E-state index contributed by atoms with van der Waals surface area (Å²) in [5.41, 5.74) is 0.188. The number of amides is 1. The minimum absolute atomic E-state index is 0.00431. The van der Waals surface area contributed by atoms with E-state index in [2.05, 4.69) is 4.98 Å². The van der Waals surface area contributed by atoms with Crippen LogP contribution in [0.4, 0.5) is 17.6 Å². The van der Waals surface area contributed by atoms with Crippen LogP contribution in [0.15, 0.2) is 48.5 Å². The summed E-state index contributed by atoms with van der Waals surface area (Å²) < 4.78 is 64.4. The van der Waals surface area contributed by atoms with E-state index in [9.17, 15) is 27.2 Å². The quantitative estimate of drug-likeness (QED) is 0.201. The Hall–Kier alpha value is -3.73. The van der Waals surface area contributed by atoms with Crippen LogP contribution in [-0.2, 0) is 33.5 Å². The van der Waals surface area contributed by atoms with Crippen molar-refractivity contribution in [3.05, 3.63) is 71.2 Å². The number of benzene rings is 2. The summed E-state index contributed by atoms with van der Waals surface area (Å²) in [4.78, 5) is 28.0. The van der Waals surface area contributed by atoms with Gasteiger partial charge in [0.25, 0.3) is 0 Å². The topological polar surface area (TPSA) is 97.8 Å². The normalized spacial score (nSPS) is 19.1. The molecule has 4 rings (SSSR count). The summed E-state index contributed by atoms with van der Waals surface area (Å²) in [5.74, 6) is -2.20. The molecule has 1 heterocycles. The van der Waals surface area contributed by atoms with Crippen LogP contribution in [0, 0.1) is 17.2 Å². The Bertz CT molecular complexity index is 1300. The van der Waals surface area contributed by atoms with Crippen LogP contribution < -0.4 is 10.2 Å². The number of ether oxygens (including phenoxy) is 2. The number of esters is 1. The minimum atomic E-state index is -4.68. The van der Waals surface area contributed by atoms with E-state index in [1.165, 1.54) is 6.07 Å². The van der Waals surface area contributed by atoms with Crippen molar-refractivity contribution in [1.29, 1.82) is 0 Å². The lowest BCUT2D eigenvalue weighted by molar-refractivity contribution is -0.152. The van der Waals surface area contributed by atoms with Gasteiger partial charge in [-0.25, -0.2) is 14.9 Å². The van der Waals surface area contributed by atoms with Gasteiger partial charge in [0, 0.05) is 10.9 Å². The molecule has 3 aromatic rings. The number of fused-ring (bicyclic) bond motifs is 1. The predicted molar refractivity (Wildman–Crippen MR) is 118 cm³/mol. The van der Waals surface area contributed by atoms with E-state index >= 15 is 0 Å². The molecule has 1 fully saturated rings. The third-order valence-electron chi connectivity index (χ3n) is 6.17. The second-order valence-corrected chi connectivity index (χ2v) is 8.54. The fourth-order valence-electron chi connectivity index (χ4n) is 4.26. The van der Waals surface area contributed by atoms with E-state index in [1.807, 2.05) is 0 Å². The van der Waals surface area contributed by atoms with Crippen LogP contribution in [0.3, 0.4) is 0 Å². The molecule has 0 spiro atoms. The third kappa shape index (κ3) is 5.11. The van der Waals surface area contributed by atoms with Crippen molar-refractivity contribution < 1.29 is 41.8 Å². The number of nitrogens with zero attached hydrogens (tertiary/aromatic N) is 1. The van der Waals surface area contributed by atoms with Crippen molar-refractivity contribution in [3.8, 4) is 5.75 Å². The maximum absolute atomic E-state index is 13.7. The average molecular weight is 506 g/mol. The molecule has 0 saturated heterocycles. The van der Waals surface area contributed by atoms with Gasteiger partial charge >= 0.3 is 12.1 Å². The van der Waals surface area contributed by atoms with Crippen LogP contribution in [0.25, 0.3) is 10.9 Å². The number of alkyl halides is 3. The number of aromatic nitrogens is 1. The second kappa shape index (κ2) is 9.73. The zero-order valence-corrected chi connectivity index (χ0v) is 19.1. The number of carbonyl (C=O) groups excluding carboxylic acids is 2. The second-order valence-electron chi connectivity index (χ2n) is 8.54. The van der Waals surface area contributed by atoms with Crippen LogP contribution in [0.2, 0.25) is 0 Å². The smallest absolute Gasteiger partial charge is 0.433 e. The van der Waals surface area contributed by atoms with E-state index in [0.29, 0.717) is 11.3 Å². The number of rotatable bonds is 8. The summed E-state index contributed by atoms with van der Waals surface area (Å²) >= 11 is 0. The molecule has 1 aromatic heterocycles. The Morgan fingerprint density at radius 2 is 1.89 bits per heavy atom. The van der Waals surface area contributed by atoms with E-state index in [1.54, 1.807) is 36.7 Å².